The third kappa shape index (κ3) is 4.04. The van der Waals surface area contributed by atoms with E-state index in [0.29, 0.717) is 0 Å². The second-order valence-corrected chi connectivity index (χ2v) is 10.6. The molecule has 2 aliphatic heterocycles. The Morgan fingerprint density at radius 2 is 1.56 bits per heavy atom. The predicted molar refractivity (Wildman–Crippen MR) is 172 cm³/mol. The molecule has 41 heavy (non-hydrogen) atoms. The van der Waals surface area contributed by atoms with Crippen LogP contribution in [-0.2, 0) is 0 Å². The van der Waals surface area contributed by atoms with E-state index in [1.165, 1.54) is 43.7 Å². The Kier molecular flexibility index (Phi) is 5.56. The van der Waals surface area contributed by atoms with Crippen molar-refractivity contribution in [2.24, 2.45) is 0 Å². The van der Waals surface area contributed by atoms with E-state index < -0.39 is 0 Å². The molecule has 196 valence electrons. The second kappa shape index (κ2) is 9.68. The number of nitrogens with one attached hydrogen (secondary N) is 2. The molecule has 2 N–H and O–H groups in total. The van der Waals surface area contributed by atoms with E-state index in [1.54, 1.807) is 0 Å². The quantitative estimate of drug-likeness (QED) is 0.244. The van der Waals surface area contributed by atoms with Crippen LogP contribution in [0.2, 0.25) is 0 Å². The maximum Gasteiger partial charge on any atom is 0.0619 e. The first-order chi connectivity index (χ1) is 20.3. The van der Waals surface area contributed by atoms with Crippen molar-refractivity contribution in [3.8, 4) is 16.8 Å². The van der Waals surface area contributed by atoms with Crippen LogP contribution in [0.5, 0.6) is 0 Å². The molecule has 0 fully saturated rings. The van der Waals surface area contributed by atoms with Crippen molar-refractivity contribution in [1.82, 2.24) is 20.2 Å². The van der Waals surface area contributed by atoms with Gasteiger partial charge >= 0.3 is 0 Å². The van der Waals surface area contributed by atoms with E-state index in [2.05, 4.69) is 135 Å². The summed E-state index contributed by atoms with van der Waals surface area (Å²) in [5, 5.41) is 11.7. The second-order valence-electron chi connectivity index (χ2n) is 10.6. The van der Waals surface area contributed by atoms with Crippen LogP contribution in [0.15, 0.2) is 134 Å². The average molecular weight is 529 g/mol. The highest BCUT2D eigenvalue weighted by Crippen LogP contribution is 2.39. The highest BCUT2D eigenvalue weighted by atomic mass is 15.0. The van der Waals surface area contributed by atoms with E-state index in [0.717, 1.165) is 41.2 Å². The number of hydrogen-bond acceptors (Lipinski definition) is 3. The number of para-hydroxylation sites is 1. The van der Waals surface area contributed by atoms with Gasteiger partial charge in [-0.25, -0.2) is 0 Å². The van der Waals surface area contributed by atoms with Crippen LogP contribution in [0.3, 0.4) is 0 Å². The van der Waals surface area contributed by atoms with Gasteiger partial charge in [0.25, 0.3) is 0 Å². The van der Waals surface area contributed by atoms with Gasteiger partial charge in [-0.2, -0.15) is 0 Å². The molecular formula is C37H28N4. The number of hydrogen-bond donors (Lipinski definition) is 2. The molecule has 0 saturated heterocycles. The first-order valence-corrected chi connectivity index (χ1v) is 14.1. The number of rotatable bonds is 4. The third-order valence-corrected chi connectivity index (χ3v) is 8.10. The van der Waals surface area contributed by atoms with Crippen LogP contribution in [0, 0.1) is 0 Å². The maximum absolute atomic E-state index is 4.61. The van der Waals surface area contributed by atoms with E-state index in [4.69, 9.17) is 0 Å². The van der Waals surface area contributed by atoms with Gasteiger partial charge in [0.15, 0.2) is 0 Å². The Bertz CT molecular complexity index is 2090. The van der Waals surface area contributed by atoms with Crippen molar-refractivity contribution in [3.05, 3.63) is 145 Å². The molecule has 0 radical (unpaired) electrons. The van der Waals surface area contributed by atoms with Crippen molar-refractivity contribution in [1.29, 1.82) is 0 Å². The number of pyridine rings is 1. The lowest BCUT2D eigenvalue weighted by molar-refractivity contribution is 0.975. The summed E-state index contributed by atoms with van der Waals surface area (Å²) >= 11 is 0. The van der Waals surface area contributed by atoms with Gasteiger partial charge in [-0.1, -0.05) is 72.8 Å². The molecule has 2 aromatic heterocycles. The predicted octanol–water partition coefficient (Wildman–Crippen LogP) is 8.00. The molecule has 0 bridgehead atoms. The fraction of sp³-hybridized carbons (Fsp3) is 0.0541. The van der Waals surface area contributed by atoms with Gasteiger partial charge in [-0.3, -0.25) is 4.98 Å². The summed E-state index contributed by atoms with van der Waals surface area (Å²) in [7, 11) is 0. The molecule has 0 spiro atoms. The van der Waals surface area contributed by atoms with Gasteiger partial charge in [0, 0.05) is 64.2 Å². The van der Waals surface area contributed by atoms with Gasteiger partial charge in [0.2, 0.25) is 0 Å². The monoisotopic (exact) mass is 528 g/mol. The zero-order valence-electron chi connectivity index (χ0n) is 22.5. The summed E-state index contributed by atoms with van der Waals surface area (Å²) in [6.07, 6.45) is 16.6. The Balaban J connectivity index is 1.35. The standard InChI is InChI=1S/C37H28N4/c1-2-6-31(7-3-1)41-36-22-26(30-21-29(23-39-24-30)25-15-18-38-19-16-25)9-13-33(36)34-14-10-27-20-28(11-12-32(27)37(34)41)35-8-4-5-17-40-35/h1-16,18,20-24,38,40H,17,19H2. The minimum Gasteiger partial charge on any atom is -0.387 e. The molecule has 4 nitrogen and oxygen atoms in total. The highest BCUT2D eigenvalue weighted by Gasteiger charge is 2.17. The van der Waals surface area contributed by atoms with Crippen molar-refractivity contribution >= 4 is 43.8 Å². The van der Waals surface area contributed by atoms with Gasteiger partial charge in [-0.15, -0.1) is 0 Å². The highest BCUT2D eigenvalue weighted by molar-refractivity contribution is 6.19. The average Bonchev–Trinajstić information content (AvgIpc) is 3.40. The number of benzene rings is 4. The van der Waals surface area contributed by atoms with Gasteiger partial charge < -0.3 is 15.2 Å². The summed E-state index contributed by atoms with van der Waals surface area (Å²) < 4.78 is 2.42. The van der Waals surface area contributed by atoms with E-state index in [-0.39, 0.29) is 0 Å². The zero-order valence-corrected chi connectivity index (χ0v) is 22.5. The molecule has 2 aliphatic rings. The summed E-state index contributed by atoms with van der Waals surface area (Å²) in [6, 6.07) is 31.1. The van der Waals surface area contributed by atoms with Crippen molar-refractivity contribution < 1.29 is 0 Å². The molecule has 0 unspecified atom stereocenters. The molecular weight excluding hydrogens is 500 g/mol. The van der Waals surface area contributed by atoms with E-state index in [1.807, 2.05) is 18.6 Å². The molecule has 4 aromatic carbocycles. The fourth-order valence-electron chi connectivity index (χ4n) is 6.11. The Hall–Kier alpha value is -5.35. The number of fused-ring (bicyclic) bond motifs is 5. The number of dihydropyridines is 2. The molecule has 0 amide bonds. The lowest BCUT2D eigenvalue weighted by Gasteiger charge is -2.14. The third-order valence-electron chi connectivity index (χ3n) is 8.10. The fourth-order valence-corrected chi connectivity index (χ4v) is 6.11. The summed E-state index contributed by atoms with van der Waals surface area (Å²) in [6.45, 7) is 1.69. The van der Waals surface area contributed by atoms with Crippen LogP contribution in [-0.4, -0.2) is 22.6 Å². The minimum absolute atomic E-state index is 0.833. The van der Waals surface area contributed by atoms with E-state index >= 15 is 0 Å². The van der Waals surface area contributed by atoms with Crippen LogP contribution in [0.25, 0.3) is 60.7 Å². The Morgan fingerprint density at radius 3 is 2.41 bits per heavy atom. The normalized spacial score (nSPS) is 14.6. The lowest BCUT2D eigenvalue weighted by atomic mass is 9.99. The van der Waals surface area contributed by atoms with Crippen LogP contribution in [0.4, 0.5) is 0 Å². The van der Waals surface area contributed by atoms with Crippen molar-refractivity contribution in [2.75, 3.05) is 13.1 Å². The number of nitrogens with zero attached hydrogens (tertiary/aromatic N) is 2. The van der Waals surface area contributed by atoms with E-state index in [9.17, 15) is 0 Å². The first kappa shape index (κ1) is 23.5. The zero-order chi connectivity index (χ0) is 27.2. The van der Waals surface area contributed by atoms with Gasteiger partial charge in [0.1, 0.15) is 0 Å². The summed E-state index contributed by atoms with van der Waals surface area (Å²) in [4.78, 5) is 4.61. The molecule has 6 aromatic rings. The van der Waals surface area contributed by atoms with Crippen molar-refractivity contribution in [3.63, 3.8) is 0 Å². The van der Waals surface area contributed by atoms with Crippen LogP contribution >= 0.6 is 0 Å². The van der Waals surface area contributed by atoms with Crippen molar-refractivity contribution in [2.45, 2.75) is 0 Å². The van der Waals surface area contributed by atoms with Crippen LogP contribution < -0.4 is 10.6 Å². The van der Waals surface area contributed by atoms with Gasteiger partial charge in [0.05, 0.1) is 11.0 Å². The smallest absolute Gasteiger partial charge is 0.0619 e. The number of aromatic nitrogens is 2. The largest absolute Gasteiger partial charge is 0.387 e. The Labute approximate surface area is 238 Å². The summed E-state index contributed by atoms with van der Waals surface area (Å²) in [5.41, 5.74) is 10.5. The SMILES string of the molecule is C1=CCNC(c2ccc3c(ccc4c5ccc(-c6cncc(C7=CCNC=C7)c6)cc5n(-c5ccccc5)c34)c2)=C1. The summed E-state index contributed by atoms with van der Waals surface area (Å²) in [5.74, 6) is 0. The topological polar surface area (TPSA) is 41.9 Å². The maximum atomic E-state index is 4.61. The molecule has 4 heterocycles. The Morgan fingerprint density at radius 1 is 0.707 bits per heavy atom. The van der Waals surface area contributed by atoms with Crippen LogP contribution in [0.1, 0.15) is 11.1 Å². The molecule has 4 heteroatoms. The molecule has 0 saturated carbocycles. The lowest BCUT2D eigenvalue weighted by Crippen LogP contribution is -2.14. The molecule has 0 atom stereocenters. The first-order valence-electron chi connectivity index (χ1n) is 14.1. The molecule has 0 aliphatic carbocycles. The number of allylic oxidation sites excluding steroid dienone is 4. The van der Waals surface area contributed by atoms with Gasteiger partial charge in [-0.05, 0) is 70.8 Å². The minimum atomic E-state index is 0.833. The molecule has 8 rings (SSSR count).